The first-order chi connectivity index (χ1) is 9.97. The van der Waals surface area contributed by atoms with Gasteiger partial charge in [-0.05, 0) is 19.3 Å². The summed E-state index contributed by atoms with van der Waals surface area (Å²) in [7, 11) is 0. The van der Waals surface area contributed by atoms with Gasteiger partial charge in [-0.2, -0.15) is 0 Å². The van der Waals surface area contributed by atoms with Gasteiger partial charge in [0.15, 0.2) is 5.69 Å². The smallest absolute Gasteiger partial charge is 0.357 e. The second-order valence-corrected chi connectivity index (χ2v) is 6.14. The number of hydrogen-bond acceptors (Lipinski definition) is 5. The van der Waals surface area contributed by atoms with Gasteiger partial charge in [-0.1, -0.05) is 20.8 Å². The van der Waals surface area contributed by atoms with Crippen molar-refractivity contribution >= 4 is 23.2 Å². The van der Waals surface area contributed by atoms with Crippen molar-refractivity contribution in [1.29, 1.82) is 0 Å². The Balaban J connectivity index is 2.70. The van der Waals surface area contributed by atoms with Crippen LogP contribution >= 0.6 is 11.3 Å². The van der Waals surface area contributed by atoms with Crippen LogP contribution in [0.15, 0.2) is 5.38 Å². The van der Waals surface area contributed by atoms with Gasteiger partial charge in [0.25, 0.3) is 0 Å². The predicted octanol–water partition coefficient (Wildman–Crippen LogP) is 3.10. The van der Waals surface area contributed by atoms with Gasteiger partial charge in [-0.3, -0.25) is 4.79 Å². The molecule has 0 aromatic carbocycles. The first-order valence-corrected chi connectivity index (χ1v) is 8.25. The van der Waals surface area contributed by atoms with Crippen LogP contribution in [-0.2, 0) is 16.1 Å². The first-order valence-electron chi connectivity index (χ1n) is 7.37. The van der Waals surface area contributed by atoms with E-state index in [0.717, 1.165) is 18.0 Å². The summed E-state index contributed by atoms with van der Waals surface area (Å²) in [5, 5.41) is 2.45. The number of ether oxygens (including phenoxy) is 1. The molecule has 0 aliphatic carbocycles. The number of thiazole rings is 1. The van der Waals surface area contributed by atoms with Crippen molar-refractivity contribution in [1.82, 2.24) is 9.88 Å². The standard InChI is InChI=1S/C15H24N2O3S/c1-5-14(18)17(8-7-11(3)4)9-13-16-12(10-21-13)15(19)20-6-2/h10-11H,5-9H2,1-4H3. The molecule has 0 spiro atoms. The second-order valence-electron chi connectivity index (χ2n) is 5.20. The fourth-order valence-corrected chi connectivity index (χ4v) is 2.55. The molecule has 1 rings (SSSR count). The van der Waals surface area contributed by atoms with E-state index < -0.39 is 5.97 Å². The van der Waals surface area contributed by atoms with Crippen LogP contribution in [0.4, 0.5) is 0 Å². The highest BCUT2D eigenvalue weighted by molar-refractivity contribution is 7.09. The topological polar surface area (TPSA) is 59.5 Å². The number of carbonyl (C=O) groups is 2. The SMILES string of the molecule is CCOC(=O)c1csc(CN(CCC(C)C)C(=O)CC)n1. The van der Waals surface area contributed by atoms with Crippen molar-refractivity contribution in [3.8, 4) is 0 Å². The van der Waals surface area contributed by atoms with Crippen LogP contribution in [0.25, 0.3) is 0 Å². The molecule has 0 aliphatic rings. The van der Waals surface area contributed by atoms with E-state index in [0.29, 0.717) is 31.2 Å². The molecular weight excluding hydrogens is 288 g/mol. The molecule has 1 aromatic rings. The number of carbonyl (C=O) groups excluding carboxylic acids is 2. The number of aromatic nitrogens is 1. The minimum atomic E-state index is -0.407. The highest BCUT2D eigenvalue weighted by atomic mass is 32.1. The lowest BCUT2D eigenvalue weighted by atomic mass is 10.1. The van der Waals surface area contributed by atoms with Crippen LogP contribution in [0.1, 0.15) is 56.0 Å². The highest BCUT2D eigenvalue weighted by Crippen LogP contribution is 2.15. The lowest BCUT2D eigenvalue weighted by molar-refractivity contribution is -0.131. The average Bonchev–Trinajstić information content (AvgIpc) is 2.91. The van der Waals surface area contributed by atoms with Gasteiger partial charge in [0.1, 0.15) is 5.01 Å². The van der Waals surface area contributed by atoms with Gasteiger partial charge in [-0.15, -0.1) is 11.3 Å². The minimum absolute atomic E-state index is 0.114. The highest BCUT2D eigenvalue weighted by Gasteiger charge is 2.17. The Labute approximate surface area is 130 Å². The zero-order chi connectivity index (χ0) is 15.8. The van der Waals surface area contributed by atoms with Gasteiger partial charge in [0, 0.05) is 18.3 Å². The molecule has 5 nitrogen and oxygen atoms in total. The van der Waals surface area contributed by atoms with Crippen LogP contribution < -0.4 is 0 Å². The normalized spacial score (nSPS) is 10.7. The average molecular weight is 312 g/mol. The lowest BCUT2D eigenvalue weighted by Crippen LogP contribution is -2.31. The molecule has 0 radical (unpaired) electrons. The molecule has 0 N–H and O–H groups in total. The Morgan fingerprint density at radius 1 is 1.38 bits per heavy atom. The van der Waals surface area contributed by atoms with E-state index in [1.54, 1.807) is 12.3 Å². The number of rotatable bonds is 8. The van der Waals surface area contributed by atoms with Crippen LogP contribution in [0.5, 0.6) is 0 Å². The van der Waals surface area contributed by atoms with E-state index in [1.165, 1.54) is 11.3 Å². The number of amides is 1. The third kappa shape index (κ3) is 5.83. The maximum absolute atomic E-state index is 12.0. The number of nitrogens with zero attached hydrogens (tertiary/aromatic N) is 2. The summed E-state index contributed by atoms with van der Waals surface area (Å²) in [6.07, 6.45) is 1.44. The van der Waals surface area contributed by atoms with E-state index in [-0.39, 0.29) is 5.91 Å². The van der Waals surface area contributed by atoms with E-state index in [2.05, 4.69) is 18.8 Å². The fraction of sp³-hybridized carbons (Fsp3) is 0.667. The summed E-state index contributed by atoms with van der Waals surface area (Å²) in [4.78, 5) is 29.6. The predicted molar refractivity (Wildman–Crippen MR) is 83.2 cm³/mol. The zero-order valence-corrected chi connectivity index (χ0v) is 14.0. The third-order valence-electron chi connectivity index (χ3n) is 2.99. The molecular formula is C15H24N2O3S. The molecule has 0 fully saturated rings. The van der Waals surface area contributed by atoms with Crippen molar-refractivity contribution in [2.24, 2.45) is 5.92 Å². The van der Waals surface area contributed by atoms with Crippen molar-refractivity contribution in [3.63, 3.8) is 0 Å². The first kappa shape index (κ1) is 17.6. The zero-order valence-electron chi connectivity index (χ0n) is 13.2. The Kier molecular flexibility index (Phi) is 7.36. The second kappa shape index (κ2) is 8.77. The van der Waals surface area contributed by atoms with Crippen molar-refractivity contribution in [2.75, 3.05) is 13.2 Å². The molecule has 1 aromatic heterocycles. The summed E-state index contributed by atoms with van der Waals surface area (Å²) in [6, 6.07) is 0. The van der Waals surface area contributed by atoms with Crippen LogP contribution in [0, 0.1) is 5.92 Å². The molecule has 0 saturated carbocycles. The minimum Gasteiger partial charge on any atom is -0.461 e. The van der Waals surface area contributed by atoms with E-state index >= 15 is 0 Å². The lowest BCUT2D eigenvalue weighted by Gasteiger charge is -2.22. The van der Waals surface area contributed by atoms with Crippen molar-refractivity contribution in [3.05, 3.63) is 16.1 Å². The van der Waals surface area contributed by atoms with E-state index in [9.17, 15) is 9.59 Å². The van der Waals surface area contributed by atoms with E-state index in [1.807, 2.05) is 11.8 Å². The fourth-order valence-electron chi connectivity index (χ4n) is 1.78. The molecule has 0 saturated heterocycles. The van der Waals surface area contributed by atoms with Gasteiger partial charge in [0.2, 0.25) is 5.91 Å². The molecule has 0 atom stereocenters. The molecule has 1 amide bonds. The van der Waals surface area contributed by atoms with Crippen molar-refractivity contribution < 1.29 is 14.3 Å². The quantitative estimate of drug-likeness (QED) is 0.692. The number of esters is 1. The summed E-state index contributed by atoms with van der Waals surface area (Å²) < 4.78 is 4.92. The third-order valence-corrected chi connectivity index (χ3v) is 3.83. The Morgan fingerprint density at radius 2 is 2.10 bits per heavy atom. The summed E-state index contributed by atoms with van der Waals surface area (Å²) >= 11 is 1.39. The Morgan fingerprint density at radius 3 is 2.67 bits per heavy atom. The maximum atomic E-state index is 12.0. The monoisotopic (exact) mass is 312 g/mol. The molecule has 0 aliphatic heterocycles. The van der Waals surface area contributed by atoms with Crippen molar-refractivity contribution in [2.45, 2.75) is 47.1 Å². The molecule has 21 heavy (non-hydrogen) atoms. The van der Waals surface area contributed by atoms with Gasteiger partial charge in [-0.25, -0.2) is 9.78 Å². The van der Waals surface area contributed by atoms with Crippen LogP contribution in [0.2, 0.25) is 0 Å². The van der Waals surface area contributed by atoms with Gasteiger partial charge >= 0.3 is 5.97 Å². The van der Waals surface area contributed by atoms with Gasteiger partial charge < -0.3 is 9.64 Å². The Bertz CT molecular complexity index is 471. The molecule has 6 heteroatoms. The molecule has 0 bridgehead atoms. The van der Waals surface area contributed by atoms with Gasteiger partial charge in [0.05, 0.1) is 13.2 Å². The number of hydrogen-bond donors (Lipinski definition) is 0. The van der Waals surface area contributed by atoms with Crippen LogP contribution in [-0.4, -0.2) is 34.9 Å². The molecule has 0 unspecified atom stereocenters. The molecule has 118 valence electrons. The summed E-state index contributed by atoms with van der Waals surface area (Å²) in [5.74, 6) is 0.252. The molecule has 1 heterocycles. The summed E-state index contributed by atoms with van der Waals surface area (Å²) in [5.41, 5.74) is 0.324. The Hall–Kier alpha value is -1.43. The largest absolute Gasteiger partial charge is 0.461 e. The van der Waals surface area contributed by atoms with Crippen LogP contribution in [0.3, 0.4) is 0 Å². The van der Waals surface area contributed by atoms with E-state index in [4.69, 9.17) is 4.74 Å². The maximum Gasteiger partial charge on any atom is 0.357 e. The summed E-state index contributed by atoms with van der Waals surface area (Å²) in [6.45, 7) is 9.41.